The molecule has 0 bridgehead atoms. The molecule has 10 heteroatoms. The number of pyridine rings is 2. The Balaban J connectivity index is 1.09. The molecule has 0 amide bonds. The lowest BCUT2D eigenvalue weighted by atomic mass is 10.1. The molecule has 3 aromatic heterocycles. The first-order valence-electron chi connectivity index (χ1n) is 14.2. The second-order valence-corrected chi connectivity index (χ2v) is 11.0. The molecule has 0 aliphatic carbocycles. The third-order valence-corrected chi connectivity index (χ3v) is 7.62. The maximum Gasteiger partial charge on any atom is 0.121 e. The third kappa shape index (κ3) is 9.32. The molecule has 0 radical (unpaired) electrons. The van der Waals surface area contributed by atoms with Crippen LogP contribution in [0.2, 0.25) is 10.0 Å². The van der Waals surface area contributed by atoms with Gasteiger partial charge in [0, 0.05) is 64.8 Å². The first-order chi connectivity index (χ1) is 20.6. The van der Waals surface area contributed by atoms with Crippen molar-refractivity contribution in [3.63, 3.8) is 0 Å². The molecule has 4 N–H and O–H groups in total. The van der Waals surface area contributed by atoms with Crippen LogP contribution in [-0.4, -0.2) is 51.0 Å². The number of hydrogen-bond acceptors (Lipinski definition) is 7. The Morgan fingerprint density at radius 1 is 0.667 bits per heavy atom. The predicted molar refractivity (Wildman–Crippen MR) is 170 cm³/mol. The Morgan fingerprint density at radius 3 is 1.90 bits per heavy atom. The summed E-state index contributed by atoms with van der Waals surface area (Å²) in [6, 6.07) is 24.4. The second-order valence-electron chi connectivity index (χ2n) is 10.2. The molecule has 0 atom stereocenters. The van der Waals surface area contributed by atoms with Crippen molar-refractivity contribution in [1.82, 2.24) is 40.8 Å². The van der Waals surface area contributed by atoms with Crippen molar-refractivity contribution in [1.29, 1.82) is 0 Å². The summed E-state index contributed by atoms with van der Waals surface area (Å²) in [7, 11) is 0. The highest BCUT2D eigenvalue weighted by molar-refractivity contribution is 6.42. The summed E-state index contributed by atoms with van der Waals surface area (Å²) in [4.78, 5) is 19.2. The van der Waals surface area contributed by atoms with Crippen molar-refractivity contribution < 1.29 is 0 Å². The van der Waals surface area contributed by atoms with Crippen LogP contribution in [0.3, 0.4) is 0 Å². The van der Waals surface area contributed by atoms with Crippen LogP contribution in [0.1, 0.15) is 28.3 Å². The fourth-order valence-corrected chi connectivity index (χ4v) is 4.99. The lowest BCUT2D eigenvalue weighted by Crippen LogP contribution is -2.36. The van der Waals surface area contributed by atoms with Crippen LogP contribution < -0.4 is 16.0 Å². The average Bonchev–Trinajstić information content (AvgIpc) is 3.40. The molecule has 0 fully saturated rings. The lowest BCUT2D eigenvalue weighted by molar-refractivity contribution is 0.263. The first-order valence-corrected chi connectivity index (χ1v) is 14.9. The molecule has 218 valence electrons. The topological polar surface area (TPSA) is 93.8 Å². The van der Waals surface area contributed by atoms with E-state index >= 15 is 0 Å². The molecule has 5 rings (SSSR count). The molecule has 3 heterocycles. The minimum absolute atomic E-state index is 0.510. The van der Waals surface area contributed by atoms with E-state index in [1.54, 1.807) is 6.07 Å². The van der Waals surface area contributed by atoms with Crippen LogP contribution in [0, 0.1) is 0 Å². The van der Waals surface area contributed by atoms with E-state index in [9.17, 15) is 0 Å². The van der Waals surface area contributed by atoms with E-state index in [0.717, 1.165) is 80.6 Å². The molecular formula is C32H36Cl2N8. The molecule has 42 heavy (non-hydrogen) atoms. The van der Waals surface area contributed by atoms with Crippen molar-refractivity contribution in [2.75, 3.05) is 26.2 Å². The highest BCUT2D eigenvalue weighted by atomic mass is 35.5. The van der Waals surface area contributed by atoms with E-state index in [-0.39, 0.29) is 0 Å². The summed E-state index contributed by atoms with van der Waals surface area (Å²) in [6.07, 6.45) is 3.67. The van der Waals surface area contributed by atoms with E-state index in [1.807, 2.05) is 54.9 Å². The predicted octanol–water partition coefficient (Wildman–Crippen LogP) is 5.33. The van der Waals surface area contributed by atoms with Crippen LogP contribution in [-0.2, 0) is 32.7 Å². The van der Waals surface area contributed by atoms with Crippen molar-refractivity contribution in [2.45, 2.75) is 32.7 Å². The van der Waals surface area contributed by atoms with Gasteiger partial charge in [-0.2, -0.15) is 0 Å². The van der Waals surface area contributed by atoms with Gasteiger partial charge in [-0.25, -0.2) is 4.98 Å². The van der Waals surface area contributed by atoms with Gasteiger partial charge in [-0.15, -0.1) is 0 Å². The minimum atomic E-state index is 0.510. The number of halogens is 2. The average molecular weight is 604 g/mol. The van der Waals surface area contributed by atoms with E-state index < -0.39 is 0 Å². The number of aromatic amines is 1. The number of fused-ring (bicyclic) bond motifs is 1. The van der Waals surface area contributed by atoms with Crippen LogP contribution in [0.25, 0.3) is 11.0 Å². The zero-order valence-corrected chi connectivity index (χ0v) is 25.0. The second kappa shape index (κ2) is 15.7. The summed E-state index contributed by atoms with van der Waals surface area (Å²) in [6.45, 7) is 7.44. The summed E-state index contributed by atoms with van der Waals surface area (Å²) in [5.74, 6) is 0.851. The molecule has 0 unspecified atom stereocenters. The quantitative estimate of drug-likeness (QED) is 0.113. The van der Waals surface area contributed by atoms with Crippen molar-refractivity contribution in [2.24, 2.45) is 0 Å². The molecular weight excluding hydrogens is 567 g/mol. The maximum absolute atomic E-state index is 6.13. The number of aromatic nitrogens is 4. The lowest BCUT2D eigenvalue weighted by Gasteiger charge is -2.23. The van der Waals surface area contributed by atoms with Crippen molar-refractivity contribution >= 4 is 34.2 Å². The number of H-pyrrole nitrogens is 1. The van der Waals surface area contributed by atoms with Crippen LogP contribution in [0.5, 0.6) is 0 Å². The number of rotatable bonds is 16. The van der Waals surface area contributed by atoms with E-state index in [2.05, 4.69) is 65.1 Å². The fraction of sp³-hybridized carbons (Fsp3) is 0.281. The number of hydrogen-bond donors (Lipinski definition) is 4. The van der Waals surface area contributed by atoms with Gasteiger partial charge in [0.15, 0.2) is 0 Å². The molecule has 0 saturated carbocycles. The van der Waals surface area contributed by atoms with Gasteiger partial charge in [0.05, 0.1) is 39.0 Å². The Kier molecular flexibility index (Phi) is 11.3. The van der Waals surface area contributed by atoms with Crippen LogP contribution >= 0.6 is 23.2 Å². The number of imidazole rings is 1. The van der Waals surface area contributed by atoms with E-state index in [0.29, 0.717) is 16.6 Å². The third-order valence-electron chi connectivity index (χ3n) is 6.90. The molecule has 0 aliphatic heterocycles. The molecule has 0 aliphatic rings. The summed E-state index contributed by atoms with van der Waals surface area (Å²) >= 11 is 12.2. The molecule has 2 aromatic carbocycles. The minimum Gasteiger partial charge on any atom is -0.341 e. The monoisotopic (exact) mass is 602 g/mol. The van der Waals surface area contributed by atoms with E-state index in [1.165, 1.54) is 11.1 Å². The zero-order chi connectivity index (χ0) is 29.0. The van der Waals surface area contributed by atoms with Gasteiger partial charge in [0.2, 0.25) is 0 Å². The standard InChI is InChI=1S/C32H36Cl2N8/c33-28-17-30-31(18-29(28)34)41-32(40-30)22-37-19-24-7-9-25(10-8-24)23-42(15-13-35-20-26-5-1-3-11-38-26)16-14-36-21-27-6-2-4-12-39-27/h1-12,17-18,35-37H,13-16,19-23H2,(H,40,41). The molecule has 0 spiro atoms. The molecule has 5 aromatic rings. The highest BCUT2D eigenvalue weighted by Crippen LogP contribution is 2.26. The zero-order valence-electron chi connectivity index (χ0n) is 23.5. The Labute approximate surface area is 256 Å². The Morgan fingerprint density at radius 2 is 1.29 bits per heavy atom. The largest absolute Gasteiger partial charge is 0.341 e. The SMILES string of the molecule is Clc1cc2nc(CNCc3ccc(CN(CCNCc4ccccn4)CCNCc4ccccn4)cc3)[nH]c2cc1Cl. The maximum atomic E-state index is 6.13. The Hall–Kier alpha value is -3.37. The smallest absolute Gasteiger partial charge is 0.121 e. The van der Waals surface area contributed by atoms with Gasteiger partial charge in [-0.3, -0.25) is 14.9 Å². The first kappa shape index (κ1) is 30.1. The molecule has 0 saturated heterocycles. The summed E-state index contributed by atoms with van der Waals surface area (Å²) in [5, 5.41) is 11.6. The van der Waals surface area contributed by atoms with Gasteiger partial charge in [-0.1, -0.05) is 59.6 Å². The number of benzene rings is 2. The van der Waals surface area contributed by atoms with Gasteiger partial charge >= 0.3 is 0 Å². The summed E-state index contributed by atoms with van der Waals surface area (Å²) in [5.41, 5.74) is 6.32. The van der Waals surface area contributed by atoms with Gasteiger partial charge < -0.3 is 20.9 Å². The van der Waals surface area contributed by atoms with Gasteiger partial charge in [0.25, 0.3) is 0 Å². The fourth-order valence-electron chi connectivity index (χ4n) is 4.67. The van der Waals surface area contributed by atoms with Gasteiger partial charge in [-0.05, 0) is 47.5 Å². The normalized spacial score (nSPS) is 11.5. The van der Waals surface area contributed by atoms with Crippen molar-refractivity contribution in [3.05, 3.63) is 124 Å². The summed E-state index contributed by atoms with van der Waals surface area (Å²) < 4.78 is 0. The van der Waals surface area contributed by atoms with Gasteiger partial charge in [0.1, 0.15) is 5.82 Å². The number of nitrogens with one attached hydrogen (secondary N) is 4. The van der Waals surface area contributed by atoms with Crippen LogP contribution in [0.15, 0.2) is 85.2 Å². The van der Waals surface area contributed by atoms with Crippen LogP contribution in [0.4, 0.5) is 0 Å². The van der Waals surface area contributed by atoms with E-state index in [4.69, 9.17) is 23.2 Å². The number of nitrogens with zero attached hydrogens (tertiary/aromatic N) is 4. The Bertz CT molecular complexity index is 1420. The highest BCUT2D eigenvalue weighted by Gasteiger charge is 2.09. The molecule has 8 nitrogen and oxygen atoms in total. The van der Waals surface area contributed by atoms with Crippen molar-refractivity contribution in [3.8, 4) is 0 Å².